The van der Waals surface area contributed by atoms with Crippen LogP contribution in [0.2, 0.25) is 0 Å². The lowest BCUT2D eigenvalue weighted by Crippen LogP contribution is -2.23. The van der Waals surface area contributed by atoms with E-state index in [4.69, 9.17) is 5.10 Å². The van der Waals surface area contributed by atoms with E-state index < -0.39 is 0 Å². The summed E-state index contributed by atoms with van der Waals surface area (Å²) in [5.41, 5.74) is 5.23. The zero-order valence-electron chi connectivity index (χ0n) is 11.0. The van der Waals surface area contributed by atoms with Gasteiger partial charge in [0.1, 0.15) is 0 Å². The van der Waals surface area contributed by atoms with Gasteiger partial charge in [-0.15, -0.1) is 0 Å². The summed E-state index contributed by atoms with van der Waals surface area (Å²) in [6, 6.07) is 11.0. The Morgan fingerprint density at radius 1 is 1.22 bits per heavy atom. The fraction of sp³-hybridized carbons (Fsp3) is 0.400. The number of aromatic nitrogens is 2. The zero-order chi connectivity index (χ0) is 12.5. The van der Waals surface area contributed by atoms with Crippen LogP contribution in [0.1, 0.15) is 31.1 Å². The van der Waals surface area contributed by atoms with E-state index in [-0.39, 0.29) is 0 Å². The molecule has 0 radical (unpaired) electrons. The number of fused-ring (bicyclic) bond motifs is 1. The van der Waals surface area contributed by atoms with Gasteiger partial charge in [-0.25, -0.2) is 0 Å². The van der Waals surface area contributed by atoms with Crippen molar-refractivity contribution in [3.8, 4) is 11.3 Å². The molecular weight excluding hydrogens is 222 g/mol. The lowest BCUT2D eigenvalue weighted by atomic mass is 10.0. The van der Waals surface area contributed by atoms with Gasteiger partial charge in [0, 0.05) is 23.7 Å². The van der Waals surface area contributed by atoms with Gasteiger partial charge in [-0.05, 0) is 26.8 Å². The Balaban J connectivity index is 2.19. The van der Waals surface area contributed by atoms with Gasteiger partial charge in [0.25, 0.3) is 0 Å². The number of nitrogens with zero attached hydrogens (tertiary/aromatic N) is 2. The Morgan fingerprint density at radius 3 is 2.72 bits per heavy atom. The maximum Gasteiger partial charge on any atom is 0.0801 e. The van der Waals surface area contributed by atoms with Gasteiger partial charge >= 0.3 is 0 Å². The molecule has 3 rings (SSSR count). The molecule has 1 aromatic carbocycles. The third kappa shape index (κ3) is 1.85. The SMILES string of the molecule is CC(C)n1nc2c(c1-c1ccccc1)CCNC2. The molecule has 1 N–H and O–H groups in total. The van der Waals surface area contributed by atoms with Crippen molar-refractivity contribution < 1.29 is 0 Å². The summed E-state index contributed by atoms with van der Waals surface area (Å²) in [5, 5.41) is 8.18. The van der Waals surface area contributed by atoms with Crippen LogP contribution in [0.4, 0.5) is 0 Å². The van der Waals surface area contributed by atoms with E-state index in [2.05, 4.69) is 54.2 Å². The molecular formula is C15H19N3. The van der Waals surface area contributed by atoms with Gasteiger partial charge in [-0.2, -0.15) is 5.10 Å². The van der Waals surface area contributed by atoms with Crippen LogP contribution in [0, 0.1) is 0 Å². The molecule has 18 heavy (non-hydrogen) atoms. The summed E-state index contributed by atoms with van der Waals surface area (Å²) in [4.78, 5) is 0. The van der Waals surface area contributed by atoms with E-state index in [0.717, 1.165) is 19.5 Å². The van der Waals surface area contributed by atoms with E-state index >= 15 is 0 Å². The van der Waals surface area contributed by atoms with E-state index in [0.29, 0.717) is 6.04 Å². The number of nitrogens with one attached hydrogen (secondary N) is 1. The molecule has 0 saturated heterocycles. The number of hydrogen-bond donors (Lipinski definition) is 1. The predicted octanol–water partition coefficient (Wildman–Crippen LogP) is 2.78. The van der Waals surface area contributed by atoms with Crippen molar-refractivity contribution in [3.05, 3.63) is 41.6 Å². The van der Waals surface area contributed by atoms with Gasteiger partial charge in [0.2, 0.25) is 0 Å². The standard InChI is InChI=1S/C15H19N3/c1-11(2)18-15(12-6-4-3-5-7-12)13-8-9-16-10-14(13)17-18/h3-7,11,16H,8-10H2,1-2H3. The lowest BCUT2D eigenvalue weighted by Gasteiger charge is -2.14. The number of benzene rings is 1. The smallest absolute Gasteiger partial charge is 0.0801 e. The number of hydrogen-bond acceptors (Lipinski definition) is 2. The van der Waals surface area contributed by atoms with Crippen molar-refractivity contribution >= 4 is 0 Å². The monoisotopic (exact) mass is 241 g/mol. The van der Waals surface area contributed by atoms with Crippen molar-refractivity contribution in [1.29, 1.82) is 0 Å². The van der Waals surface area contributed by atoms with Gasteiger partial charge < -0.3 is 5.32 Å². The highest BCUT2D eigenvalue weighted by Crippen LogP contribution is 2.30. The highest BCUT2D eigenvalue weighted by Gasteiger charge is 2.22. The molecule has 94 valence electrons. The second-order valence-corrected chi connectivity index (χ2v) is 5.10. The van der Waals surface area contributed by atoms with Crippen LogP contribution >= 0.6 is 0 Å². The lowest BCUT2D eigenvalue weighted by molar-refractivity contribution is 0.527. The van der Waals surface area contributed by atoms with Crippen molar-refractivity contribution in [2.45, 2.75) is 32.9 Å². The minimum Gasteiger partial charge on any atom is -0.311 e. The normalized spacial score (nSPS) is 14.8. The largest absolute Gasteiger partial charge is 0.311 e. The van der Waals surface area contributed by atoms with Crippen molar-refractivity contribution in [1.82, 2.24) is 15.1 Å². The Morgan fingerprint density at radius 2 is 2.00 bits per heavy atom. The molecule has 1 aliphatic rings. The van der Waals surface area contributed by atoms with Crippen molar-refractivity contribution in [2.24, 2.45) is 0 Å². The van der Waals surface area contributed by atoms with Gasteiger partial charge in [0.15, 0.2) is 0 Å². The second-order valence-electron chi connectivity index (χ2n) is 5.10. The van der Waals surface area contributed by atoms with Gasteiger partial charge in [-0.1, -0.05) is 30.3 Å². The molecule has 0 unspecified atom stereocenters. The summed E-state index contributed by atoms with van der Waals surface area (Å²) < 4.78 is 2.17. The maximum absolute atomic E-state index is 4.78. The quantitative estimate of drug-likeness (QED) is 0.876. The van der Waals surface area contributed by atoms with E-state index in [1.807, 2.05) is 0 Å². The molecule has 0 amide bonds. The fourth-order valence-corrected chi connectivity index (χ4v) is 2.62. The predicted molar refractivity (Wildman–Crippen MR) is 73.5 cm³/mol. The molecule has 2 heterocycles. The molecule has 0 spiro atoms. The molecule has 0 aliphatic carbocycles. The summed E-state index contributed by atoms with van der Waals surface area (Å²) >= 11 is 0. The minimum atomic E-state index is 0.394. The average Bonchev–Trinajstić information content (AvgIpc) is 2.79. The van der Waals surface area contributed by atoms with Crippen LogP contribution in [0.25, 0.3) is 11.3 Å². The van der Waals surface area contributed by atoms with E-state index in [9.17, 15) is 0 Å². The second kappa shape index (κ2) is 4.58. The van der Waals surface area contributed by atoms with Gasteiger partial charge in [-0.3, -0.25) is 4.68 Å². The molecule has 0 bridgehead atoms. The Kier molecular flexibility index (Phi) is 2.92. The van der Waals surface area contributed by atoms with Crippen molar-refractivity contribution in [2.75, 3.05) is 6.54 Å². The summed E-state index contributed by atoms with van der Waals surface area (Å²) in [7, 11) is 0. The zero-order valence-corrected chi connectivity index (χ0v) is 11.0. The van der Waals surface area contributed by atoms with Crippen LogP contribution < -0.4 is 5.32 Å². The molecule has 1 aliphatic heterocycles. The third-order valence-corrected chi connectivity index (χ3v) is 3.47. The highest BCUT2D eigenvalue weighted by molar-refractivity contribution is 5.65. The van der Waals surface area contributed by atoms with Crippen LogP contribution in [0.3, 0.4) is 0 Å². The topological polar surface area (TPSA) is 29.9 Å². The van der Waals surface area contributed by atoms with Crippen LogP contribution in [-0.4, -0.2) is 16.3 Å². The summed E-state index contributed by atoms with van der Waals surface area (Å²) in [6.07, 6.45) is 1.08. The maximum atomic E-state index is 4.78. The first-order valence-corrected chi connectivity index (χ1v) is 6.64. The highest BCUT2D eigenvalue weighted by atomic mass is 15.3. The first kappa shape index (κ1) is 11.5. The number of rotatable bonds is 2. The molecule has 0 saturated carbocycles. The van der Waals surface area contributed by atoms with Gasteiger partial charge in [0.05, 0.1) is 11.4 Å². The fourth-order valence-electron chi connectivity index (χ4n) is 2.62. The molecule has 3 nitrogen and oxygen atoms in total. The third-order valence-electron chi connectivity index (χ3n) is 3.47. The molecule has 3 heteroatoms. The Bertz CT molecular complexity index is 540. The summed E-state index contributed by atoms with van der Waals surface area (Å²) in [5.74, 6) is 0. The van der Waals surface area contributed by atoms with Crippen LogP contribution in [-0.2, 0) is 13.0 Å². The first-order valence-electron chi connectivity index (χ1n) is 6.64. The Labute approximate surface area is 108 Å². The van der Waals surface area contributed by atoms with Crippen molar-refractivity contribution in [3.63, 3.8) is 0 Å². The molecule has 2 aromatic rings. The molecule has 0 fully saturated rings. The molecule has 0 atom stereocenters. The average molecular weight is 241 g/mol. The van der Waals surface area contributed by atoms with Crippen LogP contribution in [0.5, 0.6) is 0 Å². The molecule has 1 aromatic heterocycles. The first-order chi connectivity index (χ1) is 8.77. The summed E-state index contributed by atoms with van der Waals surface area (Å²) in [6.45, 7) is 6.34. The van der Waals surface area contributed by atoms with E-state index in [1.54, 1.807) is 0 Å². The van der Waals surface area contributed by atoms with Crippen LogP contribution in [0.15, 0.2) is 30.3 Å². The van der Waals surface area contributed by atoms with E-state index in [1.165, 1.54) is 22.5 Å². The Hall–Kier alpha value is -1.61. The minimum absolute atomic E-state index is 0.394.